The molecule has 0 spiro atoms. The lowest BCUT2D eigenvalue weighted by molar-refractivity contribution is -0.145. The van der Waals surface area contributed by atoms with E-state index < -0.39 is 52.9 Å². The average Bonchev–Trinajstić information content (AvgIpc) is 3.27. The van der Waals surface area contributed by atoms with Crippen LogP contribution in [-0.4, -0.2) is 68.2 Å². The zero-order chi connectivity index (χ0) is 34.2. The Morgan fingerprint density at radius 3 is 2.41 bits per heavy atom. The Labute approximate surface area is 276 Å². The number of amides is 3. The lowest BCUT2D eigenvalue weighted by Crippen LogP contribution is -2.59. The van der Waals surface area contributed by atoms with E-state index in [0.29, 0.717) is 17.9 Å². The Morgan fingerprint density at radius 2 is 1.87 bits per heavy atom. The number of halogens is 1. The van der Waals surface area contributed by atoms with Crippen molar-refractivity contribution in [2.45, 2.75) is 118 Å². The van der Waals surface area contributed by atoms with E-state index in [4.69, 9.17) is 0 Å². The van der Waals surface area contributed by atoms with Gasteiger partial charge in [0.15, 0.2) is 5.67 Å². The van der Waals surface area contributed by atoms with Crippen molar-refractivity contribution in [2.75, 3.05) is 6.54 Å². The number of nitrogens with zero attached hydrogens (tertiary/aromatic N) is 2. The number of nitrogens with one attached hydrogen (secondary N) is 2. The number of aliphatic hydroxyl groups excluding tert-OH is 1. The van der Waals surface area contributed by atoms with Crippen LogP contribution in [0, 0.1) is 29.6 Å². The molecule has 2 aliphatic rings. The van der Waals surface area contributed by atoms with Gasteiger partial charge < -0.3 is 25.7 Å². The molecule has 1 saturated carbocycles. The van der Waals surface area contributed by atoms with Gasteiger partial charge in [0, 0.05) is 31.0 Å². The number of hydrogen-bond acceptors (Lipinski definition) is 7. The topological polar surface area (TPSA) is 132 Å². The van der Waals surface area contributed by atoms with Gasteiger partial charge in [-0.2, -0.15) is 0 Å². The number of benzene rings is 1. The van der Waals surface area contributed by atoms with Crippen LogP contribution in [0.25, 0.3) is 10.4 Å². The summed E-state index contributed by atoms with van der Waals surface area (Å²) >= 11 is 1.47. The summed E-state index contributed by atoms with van der Waals surface area (Å²) in [5, 5.41) is 26.7. The van der Waals surface area contributed by atoms with E-state index in [-0.39, 0.29) is 37.1 Å². The third-order valence-electron chi connectivity index (χ3n) is 10.5. The number of carbonyl (C=O) groups is 3. The molecule has 2 heterocycles. The molecule has 254 valence electrons. The fourth-order valence-electron chi connectivity index (χ4n) is 7.00. The molecule has 4 N–H and O–H groups in total. The highest BCUT2D eigenvalue weighted by molar-refractivity contribution is 7.13. The molecule has 1 aliphatic carbocycles. The summed E-state index contributed by atoms with van der Waals surface area (Å²) in [6, 6.07) is 3.12. The molecule has 2 aromatic rings. The lowest BCUT2D eigenvalue weighted by atomic mass is 9.69. The number of phenols is 1. The van der Waals surface area contributed by atoms with E-state index >= 15 is 4.39 Å². The monoisotopic (exact) mass is 658 g/mol. The molecule has 5 unspecified atom stereocenters. The normalized spacial score (nSPS) is 23.8. The van der Waals surface area contributed by atoms with Crippen molar-refractivity contribution in [2.24, 2.45) is 22.7 Å². The first kappa shape index (κ1) is 35.8. The van der Waals surface area contributed by atoms with E-state index in [1.807, 2.05) is 13.0 Å². The lowest BCUT2D eigenvalue weighted by Gasteiger charge is -2.37. The number of aromatic nitrogens is 1. The molecule has 1 aromatic heterocycles. The number of aryl methyl sites for hydroxylation is 1. The average molecular weight is 659 g/mol. The van der Waals surface area contributed by atoms with Crippen LogP contribution in [0.5, 0.6) is 5.75 Å². The highest BCUT2D eigenvalue weighted by Crippen LogP contribution is 2.56. The van der Waals surface area contributed by atoms with Gasteiger partial charge in [0.05, 0.1) is 22.2 Å². The Bertz CT molecular complexity index is 1430. The second kappa shape index (κ2) is 13.6. The third-order valence-corrected chi connectivity index (χ3v) is 11.5. The van der Waals surface area contributed by atoms with Crippen LogP contribution in [0.15, 0.2) is 23.7 Å². The largest absolute Gasteiger partial charge is 0.508 e. The minimum atomic E-state index is -2.04. The van der Waals surface area contributed by atoms with Crippen LogP contribution in [0.4, 0.5) is 4.39 Å². The second-order valence-electron chi connectivity index (χ2n) is 14.7. The number of aromatic hydroxyl groups is 1. The van der Waals surface area contributed by atoms with E-state index in [1.165, 1.54) is 16.2 Å². The highest BCUT2D eigenvalue weighted by Gasteiger charge is 2.63. The maximum absolute atomic E-state index is 16.0. The van der Waals surface area contributed by atoms with Gasteiger partial charge in [0.25, 0.3) is 5.91 Å². The van der Waals surface area contributed by atoms with Crippen LogP contribution in [0.1, 0.15) is 91.8 Å². The standard InChI is InChI=1S/C35H51FN4O5S/c1-9-34(10-2,20(3)4)15-24-16-35(24,36)32(45)39-29(33(6,7)8)31(44)40-18-25(41)14-26(40)30(43)37-17-23-12-11-22(13-27(23)42)28-21(5)38-19-46-28/h11-13,19-20,24-26,29,41-42H,9-10,14-18H2,1-8H3,(H,37,43)(H,39,45). The fraction of sp³-hybridized carbons (Fsp3) is 0.657. The Hall–Kier alpha value is -3.05. The zero-order valence-electron chi connectivity index (χ0n) is 28.4. The zero-order valence-corrected chi connectivity index (χ0v) is 29.3. The van der Waals surface area contributed by atoms with Crippen molar-refractivity contribution < 1.29 is 29.0 Å². The number of likely N-dealkylation sites (tertiary alicyclic amines) is 1. The first-order valence-electron chi connectivity index (χ1n) is 16.5. The number of rotatable bonds is 12. The van der Waals surface area contributed by atoms with Crippen LogP contribution in [0.3, 0.4) is 0 Å². The summed E-state index contributed by atoms with van der Waals surface area (Å²) in [6.07, 6.45) is 1.63. The number of alkyl halides is 1. The molecule has 1 aromatic carbocycles. The van der Waals surface area contributed by atoms with Gasteiger partial charge in [-0.15, -0.1) is 11.3 Å². The molecule has 4 rings (SSSR count). The van der Waals surface area contributed by atoms with Crippen LogP contribution >= 0.6 is 11.3 Å². The predicted octanol–water partition coefficient (Wildman–Crippen LogP) is 5.51. The minimum absolute atomic E-state index is 0.0137. The number of aliphatic hydroxyl groups is 1. The molecule has 0 radical (unpaired) electrons. The molecule has 1 saturated heterocycles. The molecule has 11 heteroatoms. The van der Waals surface area contributed by atoms with Gasteiger partial charge in [0.2, 0.25) is 11.8 Å². The van der Waals surface area contributed by atoms with Gasteiger partial charge >= 0.3 is 0 Å². The number of carbonyl (C=O) groups excluding carboxylic acids is 3. The maximum Gasteiger partial charge on any atom is 0.258 e. The summed E-state index contributed by atoms with van der Waals surface area (Å²) in [5.41, 5.74) is 1.04. The van der Waals surface area contributed by atoms with Gasteiger partial charge in [0.1, 0.15) is 17.8 Å². The molecule has 46 heavy (non-hydrogen) atoms. The summed E-state index contributed by atoms with van der Waals surface area (Å²) in [7, 11) is 0. The number of thiazole rings is 1. The second-order valence-corrected chi connectivity index (χ2v) is 15.5. The van der Waals surface area contributed by atoms with Crippen molar-refractivity contribution in [3.63, 3.8) is 0 Å². The molecule has 0 bridgehead atoms. The number of hydrogen-bond donors (Lipinski definition) is 4. The van der Waals surface area contributed by atoms with Crippen LogP contribution in [0.2, 0.25) is 0 Å². The maximum atomic E-state index is 16.0. The van der Waals surface area contributed by atoms with Gasteiger partial charge in [-0.25, -0.2) is 9.37 Å². The van der Waals surface area contributed by atoms with Crippen molar-refractivity contribution >= 4 is 29.1 Å². The molecular weight excluding hydrogens is 607 g/mol. The van der Waals surface area contributed by atoms with Crippen molar-refractivity contribution in [3.8, 4) is 16.2 Å². The fourth-order valence-corrected chi connectivity index (χ4v) is 7.80. The molecule has 2 fully saturated rings. The number of β-amino-alcohol motifs (C(OH)–C–C–N with tert-alkyl or cyclic N) is 1. The van der Waals surface area contributed by atoms with Crippen molar-refractivity contribution in [3.05, 3.63) is 35.0 Å². The van der Waals surface area contributed by atoms with Crippen LogP contribution in [-0.2, 0) is 20.9 Å². The van der Waals surface area contributed by atoms with E-state index in [0.717, 1.165) is 29.0 Å². The van der Waals surface area contributed by atoms with Gasteiger partial charge in [-0.3, -0.25) is 14.4 Å². The summed E-state index contributed by atoms with van der Waals surface area (Å²) in [6.45, 7) is 15.7. The quantitative estimate of drug-likeness (QED) is 0.238. The molecule has 9 nitrogen and oxygen atoms in total. The molecule has 3 amide bonds. The summed E-state index contributed by atoms with van der Waals surface area (Å²) in [4.78, 5) is 47.3. The van der Waals surface area contributed by atoms with E-state index in [1.54, 1.807) is 38.4 Å². The van der Waals surface area contributed by atoms with Gasteiger partial charge in [-0.1, -0.05) is 73.4 Å². The molecular formula is C35H51FN4O5S. The van der Waals surface area contributed by atoms with Crippen molar-refractivity contribution in [1.82, 2.24) is 20.5 Å². The Balaban J connectivity index is 1.44. The smallest absolute Gasteiger partial charge is 0.258 e. The summed E-state index contributed by atoms with van der Waals surface area (Å²) in [5.74, 6) is -1.86. The first-order valence-corrected chi connectivity index (χ1v) is 17.3. The third kappa shape index (κ3) is 7.25. The molecule has 1 aliphatic heterocycles. The minimum Gasteiger partial charge on any atom is -0.508 e. The number of phenolic OH excluding ortho intramolecular Hbond substituents is 1. The van der Waals surface area contributed by atoms with E-state index in [2.05, 4.69) is 43.3 Å². The predicted molar refractivity (Wildman–Crippen MR) is 178 cm³/mol. The van der Waals surface area contributed by atoms with Crippen molar-refractivity contribution in [1.29, 1.82) is 0 Å². The Morgan fingerprint density at radius 1 is 1.20 bits per heavy atom. The highest BCUT2D eigenvalue weighted by atomic mass is 32.1. The Kier molecular flexibility index (Phi) is 10.6. The van der Waals surface area contributed by atoms with E-state index in [9.17, 15) is 24.6 Å². The molecule has 5 atom stereocenters. The SMILES string of the molecule is CCC(CC)(CC1CC1(F)C(=O)NC(C(=O)N1CC(O)CC1C(=O)NCc1ccc(-c2scnc2C)cc1O)C(C)(C)C)C(C)C. The summed E-state index contributed by atoms with van der Waals surface area (Å²) < 4.78 is 16.0. The first-order chi connectivity index (χ1) is 21.5. The van der Waals surface area contributed by atoms with Crippen LogP contribution < -0.4 is 10.6 Å². The van der Waals surface area contributed by atoms with Gasteiger partial charge in [-0.05, 0) is 48.1 Å².